The number of nitrogens with two attached hydrogens (primary N) is 1. The van der Waals surface area contributed by atoms with Crippen molar-refractivity contribution in [3.05, 3.63) is 47.8 Å². The fourth-order valence-corrected chi connectivity index (χ4v) is 3.15. The third-order valence-corrected chi connectivity index (χ3v) is 4.62. The minimum absolute atomic E-state index is 0.0980. The zero-order chi connectivity index (χ0) is 21.0. The summed E-state index contributed by atoms with van der Waals surface area (Å²) in [5.74, 6) is -0.195. The third-order valence-electron chi connectivity index (χ3n) is 4.62. The Morgan fingerprint density at radius 2 is 1.90 bits per heavy atom. The van der Waals surface area contributed by atoms with Gasteiger partial charge in [0.25, 0.3) is 5.91 Å². The molecule has 1 saturated heterocycles. The summed E-state index contributed by atoms with van der Waals surface area (Å²) < 4.78 is 46.7. The van der Waals surface area contributed by atoms with Gasteiger partial charge >= 0.3 is 6.36 Å². The van der Waals surface area contributed by atoms with Crippen LogP contribution in [0.4, 0.5) is 18.9 Å². The summed E-state index contributed by atoms with van der Waals surface area (Å²) in [5.41, 5.74) is 6.38. The molecule has 0 aliphatic carbocycles. The summed E-state index contributed by atoms with van der Waals surface area (Å²) in [7, 11) is 1.60. The minimum atomic E-state index is -4.88. The molecule has 0 atom stereocenters. The van der Waals surface area contributed by atoms with E-state index < -0.39 is 12.1 Å². The second-order valence-electron chi connectivity index (χ2n) is 6.56. The van der Waals surface area contributed by atoms with Crippen molar-refractivity contribution in [3.8, 4) is 11.5 Å². The van der Waals surface area contributed by atoms with Gasteiger partial charge in [0.05, 0.1) is 12.8 Å². The second-order valence-corrected chi connectivity index (χ2v) is 6.56. The number of rotatable bonds is 5. The zero-order valence-electron chi connectivity index (χ0n) is 15.8. The first-order valence-corrected chi connectivity index (χ1v) is 8.90. The van der Waals surface area contributed by atoms with Crippen molar-refractivity contribution in [3.63, 3.8) is 0 Å². The molecule has 2 aromatic rings. The van der Waals surface area contributed by atoms with Crippen LogP contribution in [0, 0.1) is 0 Å². The summed E-state index contributed by atoms with van der Waals surface area (Å²) in [6.07, 6.45) is -1.48. The van der Waals surface area contributed by atoms with Crippen LogP contribution in [-0.4, -0.2) is 60.3 Å². The number of ether oxygens (including phenoxy) is 2. The molecule has 1 aromatic carbocycles. The van der Waals surface area contributed by atoms with E-state index in [0.717, 1.165) is 17.4 Å². The molecule has 7 nitrogen and oxygen atoms in total. The molecule has 29 heavy (non-hydrogen) atoms. The molecule has 0 unspecified atom stereocenters. The number of methoxy groups -OCH3 is 1. The molecule has 1 fully saturated rings. The first kappa shape index (κ1) is 20.7. The number of pyridine rings is 1. The van der Waals surface area contributed by atoms with Gasteiger partial charge in [-0.1, -0.05) is 0 Å². The molecular weight excluding hydrogens is 389 g/mol. The molecule has 3 rings (SSSR count). The van der Waals surface area contributed by atoms with Crippen molar-refractivity contribution < 1.29 is 27.4 Å². The van der Waals surface area contributed by atoms with Gasteiger partial charge in [-0.05, 0) is 24.3 Å². The highest BCUT2D eigenvalue weighted by Gasteiger charge is 2.32. The number of nitrogen functional groups attached to an aromatic ring is 1. The van der Waals surface area contributed by atoms with Crippen molar-refractivity contribution in [2.45, 2.75) is 12.9 Å². The lowest BCUT2D eigenvalue weighted by Crippen LogP contribution is -2.48. The number of anilines is 1. The molecule has 1 aliphatic heterocycles. The van der Waals surface area contributed by atoms with Crippen LogP contribution in [-0.2, 0) is 6.54 Å². The molecule has 1 aromatic heterocycles. The molecule has 0 radical (unpaired) electrons. The summed E-state index contributed by atoms with van der Waals surface area (Å²) in [6.45, 7) is 2.75. The standard InChI is InChI=1S/C19H21F3N4O3/c1-28-16-4-5-24-11-14(16)12-25-6-8-26(9-7-25)18(27)13-2-3-15(23)17(10-13)29-19(20,21)22/h2-5,10-11H,6-9,12,23H2,1H3. The van der Waals surface area contributed by atoms with E-state index in [2.05, 4.69) is 14.6 Å². The van der Waals surface area contributed by atoms with Gasteiger partial charge in [0.1, 0.15) is 5.75 Å². The number of amides is 1. The highest BCUT2D eigenvalue weighted by atomic mass is 19.4. The SMILES string of the molecule is COc1ccncc1CN1CCN(C(=O)c2ccc(N)c(OC(F)(F)F)c2)CC1. The fraction of sp³-hybridized carbons (Fsp3) is 0.368. The van der Waals surface area contributed by atoms with Crippen LogP contribution in [0.5, 0.6) is 11.5 Å². The lowest BCUT2D eigenvalue weighted by Gasteiger charge is -2.35. The van der Waals surface area contributed by atoms with Crippen molar-refractivity contribution >= 4 is 11.6 Å². The van der Waals surface area contributed by atoms with E-state index in [1.807, 2.05) is 0 Å². The Bertz CT molecular complexity index is 868. The predicted molar refractivity (Wildman–Crippen MR) is 99.5 cm³/mol. The Labute approximate surface area is 165 Å². The van der Waals surface area contributed by atoms with Crippen LogP contribution in [0.2, 0.25) is 0 Å². The van der Waals surface area contributed by atoms with Crippen LogP contribution >= 0.6 is 0 Å². The third kappa shape index (κ3) is 5.29. The molecule has 0 spiro atoms. The predicted octanol–water partition coefficient (Wildman–Crippen LogP) is 2.53. The van der Waals surface area contributed by atoms with E-state index in [1.54, 1.807) is 30.5 Å². The number of hydrogen-bond donors (Lipinski definition) is 1. The van der Waals surface area contributed by atoms with Gasteiger partial charge < -0.3 is 20.1 Å². The Morgan fingerprint density at radius 3 is 2.55 bits per heavy atom. The minimum Gasteiger partial charge on any atom is -0.496 e. The lowest BCUT2D eigenvalue weighted by molar-refractivity contribution is -0.274. The van der Waals surface area contributed by atoms with E-state index in [4.69, 9.17) is 10.5 Å². The first-order valence-electron chi connectivity index (χ1n) is 8.90. The maximum atomic E-state index is 12.7. The Kier molecular flexibility index (Phi) is 6.12. The van der Waals surface area contributed by atoms with E-state index >= 15 is 0 Å². The number of nitrogens with zero attached hydrogens (tertiary/aromatic N) is 3. The first-order chi connectivity index (χ1) is 13.8. The van der Waals surface area contributed by atoms with Crippen LogP contribution in [0.1, 0.15) is 15.9 Å². The molecule has 2 N–H and O–H groups in total. The second kappa shape index (κ2) is 8.56. The van der Waals surface area contributed by atoms with Gasteiger partial charge in [-0.15, -0.1) is 13.2 Å². The number of aromatic nitrogens is 1. The number of benzene rings is 1. The summed E-state index contributed by atoms with van der Waals surface area (Å²) in [4.78, 5) is 20.6. The molecule has 0 saturated carbocycles. The van der Waals surface area contributed by atoms with E-state index in [1.165, 1.54) is 12.1 Å². The highest BCUT2D eigenvalue weighted by molar-refractivity contribution is 5.95. The van der Waals surface area contributed by atoms with Crippen molar-refractivity contribution in [1.82, 2.24) is 14.8 Å². The monoisotopic (exact) mass is 410 g/mol. The van der Waals surface area contributed by atoms with Gasteiger partial charge in [-0.25, -0.2) is 0 Å². The van der Waals surface area contributed by atoms with Gasteiger partial charge in [0.15, 0.2) is 5.75 Å². The van der Waals surface area contributed by atoms with Gasteiger partial charge in [-0.2, -0.15) is 0 Å². The summed E-state index contributed by atoms with van der Waals surface area (Å²) >= 11 is 0. The van der Waals surface area contributed by atoms with Crippen LogP contribution < -0.4 is 15.2 Å². The lowest BCUT2D eigenvalue weighted by atomic mass is 10.1. The van der Waals surface area contributed by atoms with E-state index in [-0.39, 0.29) is 17.2 Å². The van der Waals surface area contributed by atoms with Crippen LogP contribution in [0.3, 0.4) is 0 Å². The average molecular weight is 410 g/mol. The van der Waals surface area contributed by atoms with Gasteiger partial charge in [0.2, 0.25) is 0 Å². The number of carbonyl (C=O) groups excluding carboxylic acids is 1. The van der Waals surface area contributed by atoms with Gasteiger partial charge in [-0.3, -0.25) is 14.7 Å². The molecular formula is C19H21F3N4O3. The van der Waals surface area contributed by atoms with Crippen LogP contribution in [0.15, 0.2) is 36.7 Å². The maximum absolute atomic E-state index is 12.7. The smallest absolute Gasteiger partial charge is 0.496 e. The quantitative estimate of drug-likeness (QED) is 0.763. The Morgan fingerprint density at radius 1 is 1.17 bits per heavy atom. The Balaban J connectivity index is 1.62. The maximum Gasteiger partial charge on any atom is 0.573 e. The van der Waals surface area contributed by atoms with Gasteiger partial charge in [0, 0.05) is 56.2 Å². The number of halogens is 3. The van der Waals surface area contributed by atoms with E-state index in [0.29, 0.717) is 32.7 Å². The van der Waals surface area contributed by atoms with Crippen molar-refractivity contribution in [2.75, 3.05) is 39.0 Å². The zero-order valence-corrected chi connectivity index (χ0v) is 15.8. The molecule has 1 amide bonds. The number of hydrogen-bond acceptors (Lipinski definition) is 6. The highest BCUT2D eigenvalue weighted by Crippen LogP contribution is 2.29. The fourth-order valence-electron chi connectivity index (χ4n) is 3.15. The molecule has 156 valence electrons. The average Bonchev–Trinajstić information content (AvgIpc) is 2.69. The largest absolute Gasteiger partial charge is 0.573 e. The van der Waals surface area contributed by atoms with Crippen molar-refractivity contribution in [2.24, 2.45) is 0 Å². The topological polar surface area (TPSA) is 80.9 Å². The Hall–Kier alpha value is -3.01. The number of piperazine rings is 1. The van der Waals surface area contributed by atoms with Crippen LogP contribution in [0.25, 0.3) is 0 Å². The number of alkyl halides is 3. The molecule has 10 heteroatoms. The molecule has 2 heterocycles. The van der Waals surface area contributed by atoms with Crippen molar-refractivity contribution in [1.29, 1.82) is 0 Å². The normalized spacial score (nSPS) is 15.2. The molecule has 1 aliphatic rings. The summed E-state index contributed by atoms with van der Waals surface area (Å²) in [5, 5.41) is 0. The summed E-state index contributed by atoms with van der Waals surface area (Å²) in [6, 6.07) is 5.45. The van der Waals surface area contributed by atoms with E-state index in [9.17, 15) is 18.0 Å². The number of carbonyl (C=O) groups is 1. The molecule has 0 bridgehead atoms.